The zero-order valence-corrected chi connectivity index (χ0v) is 14.5. The lowest BCUT2D eigenvalue weighted by molar-refractivity contribution is -0.142. The van der Waals surface area contributed by atoms with Crippen molar-refractivity contribution in [3.05, 3.63) is 47.8 Å². The molecule has 4 rings (SSSR count). The third-order valence-corrected chi connectivity index (χ3v) is 4.40. The molecule has 3 aromatic rings. The molecule has 1 aromatic carbocycles. The minimum Gasteiger partial charge on any atom is -0.497 e. The first-order chi connectivity index (χ1) is 13.0. The third-order valence-electron chi connectivity index (χ3n) is 4.40. The summed E-state index contributed by atoms with van der Waals surface area (Å²) in [4.78, 5) is 4.38. The summed E-state index contributed by atoms with van der Waals surface area (Å²) in [7, 11) is 1.53. The number of fused-ring (bicyclic) bond motifs is 1. The van der Waals surface area contributed by atoms with Crippen LogP contribution in [0.15, 0.2) is 36.4 Å². The first-order valence-corrected chi connectivity index (χ1v) is 8.39. The van der Waals surface area contributed by atoms with Crippen molar-refractivity contribution in [1.29, 1.82) is 0 Å². The number of halogens is 3. The summed E-state index contributed by atoms with van der Waals surface area (Å²) in [6, 6.07) is 9.02. The van der Waals surface area contributed by atoms with Crippen LogP contribution in [-0.4, -0.2) is 41.5 Å². The SMILES string of the molecule is COc1ccc(-c2cc(C(F)(F)F)n3nc(C4COCCN4)cc3n2)cc1. The van der Waals surface area contributed by atoms with E-state index in [1.807, 2.05) is 0 Å². The molecule has 1 atom stereocenters. The molecular formula is C18H17F3N4O2. The number of nitrogens with one attached hydrogen (secondary N) is 1. The maximum absolute atomic E-state index is 13.6. The zero-order chi connectivity index (χ0) is 19.0. The summed E-state index contributed by atoms with van der Waals surface area (Å²) in [5.74, 6) is 0.617. The van der Waals surface area contributed by atoms with Gasteiger partial charge in [-0.05, 0) is 30.3 Å². The van der Waals surface area contributed by atoms with Crippen LogP contribution < -0.4 is 10.1 Å². The Kier molecular flexibility index (Phi) is 4.48. The first kappa shape index (κ1) is 17.7. The van der Waals surface area contributed by atoms with Gasteiger partial charge in [0.1, 0.15) is 5.75 Å². The van der Waals surface area contributed by atoms with Gasteiger partial charge in [-0.15, -0.1) is 0 Å². The van der Waals surface area contributed by atoms with Crippen LogP contribution >= 0.6 is 0 Å². The minimum atomic E-state index is -4.57. The Hall–Kier alpha value is -2.65. The largest absolute Gasteiger partial charge is 0.497 e. The Morgan fingerprint density at radius 3 is 2.63 bits per heavy atom. The standard InChI is InChI=1S/C18H17F3N4O2/c1-26-12-4-2-11(3-5-12)13-8-16(18(19,20)21)25-17(23-13)9-14(24-25)15-10-27-7-6-22-15/h2-5,8-9,15,22H,6-7,10H2,1H3. The number of ether oxygens (including phenoxy) is 2. The van der Waals surface area contributed by atoms with Crippen LogP contribution in [0.25, 0.3) is 16.9 Å². The summed E-state index contributed by atoms with van der Waals surface area (Å²) >= 11 is 0. The molecule has 0 aliphatic carbocycles. The van der Waals surface area contributed by atoms with Crippen LogP contribution in [0.1, 0.15) is 17.4 Å². The Morgan fingerprint density at radius 1 is 1.22 bits per heavy atom. The van der Waals surface area contributed by atoms with Crippen LogP contribution in [0, 0.1) is 0 Å². The molecular weight excluding hydrogens is 361 g/mol. The van der Waals surface area contributed by atoms with E-state index in [0.717, 1.165) is 10.6 Å². The summed E-state index contributed by atoms with van der Waals surface area (Å²) in [5, 5.41) is 7.33. The molecule has 2 aromatic heterocycles. The topological polar surface area (TPSA) is 60.7 Å². The molecule has 1 aliphatic rings. The highest BCUT2D eigenvalue weighted by atomic mass is 19.4. The lowest BCUT2D eigenvalue weighted by atomic mass is 10.1. The Bertz CT molecular complexity index is 948. The molecule has 9 heteroatoms. The number of nitrogens with zero attached hydrogens (tertiary/aromatic N) is 3. The van der Waals surface area contributed by atoms with E-state index in [1.165, 1.54) is 7.11 Å². The highest BCUT2D eigenvalue weighted by Gasteiger charge is 2.35. The molecule has 1 aliphatic heterocycles. The van der Waals surface area contributed by atoms with Crippen LogP contribution in [0.5, 0.6) is 5.75 Å². The van der Waals surface area contributed by atoms with Crippen LogP contribution in [-0.2, 0) is 10.9 Å². The van der Waals surface area contributed by atoms with Crippen LogP contribution in [0.4, 0.5) is 13.2 Å². The fraction of sp³-hybridized carbons (Fsp3) is 0.333. The number of methoxy groups -OCH3 is 1. The van der Waals surface area contributed by atoms with Crippen molar-refractivity contribution in [2.75, 3.05) is 26.9 Å². The molecule has 0 spiro atoms. The second-order valence-corrected chi connectivity index (χ2v) is 6.17. The molecule has 6 nitrogen and oxygen atoms in total. The maximum atomic E-state index is 13.6. The minimum absolute atomic E-state index is 0.137. The van der Waals surface area contributed by atoms with Gasteiger partial charge >= 0.3 is 6.18 Å². The van der Waals surface area contributed by atoms with Gasteiger partial charge in [0.25, 0.3) is 0 Å². The monoisotopic (exact) mass is 378 g/mol. The van der Waals surface area contributed by atoms with E-state index in [0.29, 0.717) is 36.8 Å². The van der Waals surface area contributed by atoms with E-state index in [4.69, 9.17) is 9.47 Å². The van der Waals surface area contributed by atoms with Crippen molar-refractivity contribution in [3.8, 4) is 17.0 Å². The maximum Gasteiger partial charge on any atom is 0.433 e. The van der Waals surface area contributed by atoms with Crippen molar-refractivity contribution in [2.45, 2.75) is 12.2 Å². The second-order valence-electron chi connectivity index (χ2n) is 6.17. The average Bonchev–Trinajstić information content (AvgIpc) is 3.11. The van der Waals surface area contributed by atoms with E-state index in [2.05, 4.69) is 15.4 Å². The van der Waals surface area contributed by atoms with Crippen molar-refractivity contribution in [3.63, 3.8) is 0 Å². The smallest absolute Gasteiger partial charge is 0.433 e. The van der Waals surface area contributed by atoms with Gasteiger partial charge in [-0.2, -0.15) is 18.3 Å². The average molecular weight is 378 g/mol. The van der Waals surface area contributed by atoms with Gasteiger partial charge in [-0.25, -0.2) is 9.50 Å². The molecule has 3 heterocycles. The van der Waals surface area contributed by atoms with Crippen molar-refractivity contribution in [1.82, 2.24) is 19.9 Å². The summed E-state index contributed by atoms with van der Waals surface area (Å²) in [6.45, 7) is 1.54. The van der Waals surface area contributed by atoms with Gasteiger partial charge in [-0.1, -0.05) is 0 Å². The normalized spacial score (nSPS) is 18.0. The number of benzene rings is 1. The summed E-state index contributed by atoms with van der Waals surface area (Å²) in [5.41, 5.74) is 0.515. The highest BCUT2D eigenvalue weighted by molar-refractivity contribution is 5.63. The molecule has 1 fully saturated rings. The predicted octanol–water partition coefficient (Wildman–Crippen LogP) is 3.08. The van der Waals surface area contributed by atoms with Gasteiger partial charge in [0.05, 0.1) is 37.8 Å². The highest BCUT2D eigenvalue weighted by Crippen LogP contribution is 2.33. The van der Waals surface area contributed by atoms with Crippen molar-refractivity contribution >= 4 is 5.65 Å². The van der Waals surface area contributed by atoms with E-state index in [9.17, 15) is 13.2 Å². The van der Waals surface area contributed by atoms with E-state index < -0.39 is 11.9 Å². The molecule has 1 N–H and O–H groups in total. The molecule has 0 radical (unpaired) electrons. The number of aromatic nitrogens is 3. The number of morpholine rings is 1. The summed E-state index contributed by atoms with van der Waals surface area (Å²) in [6.07, 6.45) is -4.57. The van der Waals surface area contributed by atoms with Crippen LogP contribution in [0.2, 0.25) is 0 Å². The van der Waals surface area contributed by atoms with Gasteiger partial charge in [-0.3, -0.25) is 0 Å². The number of rotatable bonds is 3. The Labute approximate surface area is 152 Å². The van der Waals surface area contributed by atoms with Crippen LogP contribution in [0.3, 0.4) is 0 Å². The molecule has 0 saturated carbocycles. The fourth-order valence-electron chi connectivity index (χ4n) is 3.03. The van der Waals surface area contributed by atoms with Crippen molar-refractivity contribution in [2.24, 2.45) is 0 Å². The Balaban J connectivity index is 1.83. The summed E-state index contributed by atoms with van der Waals surface area (Å²) < 4.78 is 52.2. The third kappa shape index (κ3) is 3.47. The first-order valence-electron chi connectivity index (χ1n) is 8.39. The van der Waals surface area contributed by atoms with Gasteiger partial charge < -0.3 is 14.8 Å². The second kappa shape index (κ2) is 6.82. The molecule has 142 valence electrons. The molecule has 0 bridgehead atoms. The van der Waals surface area contributed by atoms with Gasteiger partial charge in [0, 0.05) is 18.2 Å². The molecule has 1 unspecified atom stereocenters. The predicted molar refractivity (Wildman–Crippen MR) is 91.5 cm³/mol. The zero-order valence-electron chi connectivity index (χ0n) is 14.5. The Morgan fingerprint density at radius 2 is 2.00 bits per heavy atom. The van der Waals surface area contributed by atoms with E-state index >= 15 is 0 Å². The van der Waals surface area contributed by atoms with Crippen molar-refractivity contribution < 1.29 is 22.6 Å². The molecule has 27 heavy (non-hydrogen) atoms. The quantitative estimate of drug-likeness (QED) is 0.759. The number of alkyl halides is 3. The van der Waals surface area contributed by atoms with E-state index in [1.54, 1.807) is 30.3 Å². The molecule has 1 saturated heterocycles. The molecule has 0 amide bonds. The number of hydrogen-bond acceptors (Lipinski definition) is 5. The van der Waals surface area contributed by atoms with Gasteiger partial charge in [0.2, 0.25) is 0 Å². The lowest BCUT2D eigenvalue weighted by Crippen LogP contribution is -2.34. The number of hydrogen-bond donors (Lipinski definition) is 1. The fourth-order valence-corrected chi connectivity index (χ4v) is 3.03. The van der Waals surface area contributed by atoms with Gasteiger partial charge in [0.15, 0.2) is 11.3 Å². The lowest BCUT2D eigenvalue weighted by Gasteiger charge is -2.21. The van der Waals surface area contributed by atoms with E-state index in [-0.39, 0.29) is 17.4 Å².